The third-order valence-corrected chi connectivity index (χ3v) is 3.73. The fourth-order valence-electron chi connectivity index (χ4n) is 1.89. The molecule has 0 atom stereocenters. The zero-order chi connectivity index (χ0) is 17.9. The van der Waals surface area contributed by atoms with E-state index in [1.807, 2.05) is 6.07 Å². The zero-order valence-corrected chi connectivity index (χ0v) is 15.7. The zero-order valence-electron chi connectivity index (χ0n) is 13.4. The van der Waals surface area contributed by atoms with E-state index in [2.05, 4.69) is 36.3 Å². The van der Waals surface area contributed by atoms with Crippen LogP contribution in [-0.4, -0.2) is 27.4 Å². The van der Waals surface area contributed by atoms with Gasteiger partial charge in [0.2, 0.25) is 5.88 Å². The first-order valence-corrected chi connectivity index (χ1v) is 8.26. The van der Waals surface area contributed by atoms with Gasteiger partial charge < -0.3 is 4.74 Å². The maximum atomic E-state index is 11.9. The largest absolute Gasteiger partial charge is 0.466 e. The van der Waals surface area contributed by atoms with Crippen LogP contribution < -0.4 is 10.2 Å². The van der Waals surface area contributed by atoms with Gasteiger partial charge >= 0.3 is 0 Å². The summed E-state index contributed by atoms with van der Waals surface area (Å²) in [6.07, 6.45) is 2.47. The Morgan fingerprint density at radius 3 is 2.67 bits per heavy atom. The number of aromatic nitrogens is 3. The molecule has 0 saturated heterocycles. The Morgan fingerprint density at radius 2 is 2.00 bits per heavy atom. The first-order valence-electron chi connectivity index (χ1n) is 7.13. The van der Waals surface area contributed by atoms with Crippen molar-refractivity contribution in [1.82, 2.24) is 14.9 Å². The van der Waals surface area contributed by atoms with Crippen LogP contribution in [0.25, 0.3) is 0 Å². The van der Waals surface area contributed by atoms with Gasteiger partial charge in [0.1, 0.15) is 5.02 Å². The number of hydrogen-bond acceptors (Lipinski definition) is 4. The Labute approximate surface area is 155 Å². The first kappa shape index (κ1) is 18.8. The molecule has 0 aliphatic carbocycles. The van der Waals surface area contributed by atoms with Crippen molar-refractivity contribution in [1.29, 1.82) is 0 Å². The average Bonchev–Trinajstić information content (AvgIpc) is 2.86. The normalized spacial score (nSPS) is 11.4. The number of hydrogen-bond donors (Lipinski definition) is 1. The average molecular weight is 392 g/mol. The van der Waals surface area contributed by atoms with Crippen LogP contribution in [0.15, 0.2) is 18.3 Å². The maximum Gasteiger partial charge on any atom is 0.278 e. The molecule has 0 spiro atoms. The van der Waals surface area contributed by atoms with Gasteiger partial charge in [0.05, 0.1) is 10.7 Å². The van der Waals surface area contributed by atoms with Crippen LogP contribution in [0.5, 0.6) is 5.88 Å². The molecule has 2 aromatic heterocycles. The third kappa shape index (κ3) is 5.54. The highest BCUT2D eigenvalue weighted by Gasteiger charge is 2.14. The van der Waals surface area contributed by atoms with E-state index in [0.29, 0.717) is 0 Å². The number of halogens is 3. The third-order valence-electron chi connectivity index (χ3n) is 2.79. The Kier molecular flexibility index (Phi) is 5.96. The highest BCUT2D eigenvalue weighted by Crippen LogP contribution is 2.30. The van der Waals surface area contributed by atoms with E-state index in [9.17, 15) is 4.79 Å². The molecule has 6 nitrogen and oxygen atoms in total. The molecule has 0 radical (unpaired) electrons. The summed E-state index contributed by atoms with van der Waals surface area (Å²) in [6, 6.07) is 3.25. The van der Waals surface area contributed by atoms with Crippen molar-refractivity contribution < 1.29 is 9.53 Å². The highest BCUT2D eigenvalue weighted by molar-refractivity contribution is 6.42. The summed E-state index contributed by atoms with van der Waals surface area (Å²) in [5, 5.41) is 4.71. The summed E-state index contributed by atoms with van der Waals surface area (Å²) in [5.41, 5.74) is 3.58. The van der Waals surface area contributed by atoms with E-state index < -0.39 is 5.91 Å². The van der Waals surface area contributed by atoms with Gasteiger partial charge in [0.25, 0.3) is 5.91 Å². The van der Waals surface area contributed by atoms with Crippen molar-refractivity contribution in [3.63, 3.8) is 0 Å². The predicted octanol–water partition coefficient (Wildman–Crippen LogP) is 3.98. The number of nitrogens with zero attached hydrogens (tertiary/aromatic N) is 3. The van der Waals surface area contributed by atoms with Crippen LogP contribution in [0.4, 0.5) is 0 Å². The molecule has 2 rings (SSSR count). The molecule has 0 fully saturated rings. The van der Waals surface area contributed by atoms with Gasteiger partial charge in [0, 0.05) is 6.20 Å². The molecule has 24 heavy (non-hydrogen) atoms. The molecule has 2 heterocycles. The number of rotatable bonds is 5. The monoisotopic (exact) mass is 390 g/mol. The molecule has 2 aromatic rings. The van der Waals surface area contributed by atoms with E-state index >= 15 is 0 Å². The number of ether oxygens (including phenoxy) is 1. The number of carbonyl (C=O) groups excluding carboxylic acids is 1. The lowest BCUT2D eigenvalue weighted by molar-refractivity contribution is -0.119. The fraction of sp³-hybridized carbons (Fsp3) is 0.400. The summed E-state index contributed by atoms with van der Waals surface area (Å²) >= 11 is 17.5. The molecule has 0 unspecified atom stereocenters. The minimum Gasteiger partial charge on any atom is -0.466 e. The molecule has 1 amide bonds. The molecule has 0 aliphatic heterocycles. The molecule has 0 aliphatic rings. The Morgan fingerprint density at radius 1 is 1.29 bits per heavy atom. The van der Waals surface area contributed by atoms with Crippen LogP contribution in [0, 0.1) is 5.41 Å². The van der Waals surface area contributed by atoms with Crippen molar-refractivity contribution in [2.75, 3.05) is 12.0 Å². The lowest BCUT2D eigenvalue weighted by Gasteiger charge is -2.15. The lowest BCUT2D eigenvalue weighted by Crippen LogP contribution is -2.28. The van der Waals surface area contributed by atoms with Crippen LogP contribution in [0.1, 0.15) is 26.5 Å². The standard InChI is InChI=1S/C15H17Cl3N4O2/c1-15(2,3)7-9-4-5-22(20-9)21-12(23)8-24-14-11(17)6-10(16)13(18)19-14/h4-6H,7-8H2,1-3H3,(H,21,23). The Bertz CT molecular complexity index is 741. The van der Waals surface area contributed by atoms with Crippen LogP contribution in [0.3, 0.4) is 0 Å². The van der Waals surface area contributed by atoms with Gasteiger partial charge in [-0.1, -0.05) is 55.6 Å². The van der Waals surface area contributed by atoms with Gasteiger partial charge in [-0.2, -0.15) is 14.9 Å². The minimum absolute atomic E-state index is 0.0371. The summed E-state index contributed by atoms with van der Waals surface area (Å²) in [4.78, 5) is 17.1. The van der Waals surface area contributed by atoms with E-state index in [1.54, 1.807) is 6.20 Å². The van der Waals surface area contributed by atoms with Crippen molar-refractivity contribution in [2.24, 2.45) is 5.41 Å². The SMILES string of the molecule is CC(C)(C)Cc1ccn(NC(=O)COc2nc(Cl)c(Cl)cc2Cl)n1. The lowest BCUT2D eigenvalue weighted by atomic mass is 9.91. The van der Waals surface area contributed by atoms with Crippen molar-refractivity contribution in [3.8, 4) is 5.88 Å². The second kappa shape index (κ2) is 7.59. The number of nitrogens with one attached hydrogen (secondary N) is 1. The summed E-state index contributed by atoms with van der Waals surface area (Å²) in [5.74, 6) is -0.376. The molecule has 9 heteroatoms. The van der Waals surface area contributed by atoms with Gasteiger partial charge in [0.15, 0.2) is 11.8 Å². The molecule has 0 aromatic carbocycles. The molecule has 1 N–H and O–H groups in total. The Balaban J connectivity index is 1.91. The van der Waals surface area contributed by atoms with Crippen LogP contribution in [-0.2, 0) is 11.2 Å². The number of pyridine rings is 1. The van der Waals surface area contributed by atoms with Crippen molar-refractivity contribution >= 4 is 40.7 Å². The van der Waals surface area contributed by atoms with Crippen molar-refractivity contribution in [2.45, 2.75) is 27.2 Å². The maximum absolute atomic E-state index is 11.9. The van der Waals surface area contributed by atoms with Gasteiger partial charge in [-0.3, -0.25) is 4.79 Å². The topological polar surface area (TPSA) is 69.0 Å². The number of carbonyl (C=O) groups is 1. The Hall–Kier alpha value is -1.50. The van der Waals surface area contributed by atoms with E-state index in [0.717, 1.165) is 12.1 Å². The smallest absolute Gasteiger partial charge is 0.278 e. The predicted molar refractivity (Wildman–Crippen MR) is 94.5 cm³/mol. The van der Waals surface area contributed by atoms with E-state index in [1.165, 1.54) is 10.9 Å². The van der Waals surface area contributed by atoms with Crippen molar-refractivity contribution in [3.05, 3.63) is 39.2 Å². The van der Waals surface area contributed by atoms with Crippen LogP contribution in [0.2, 0.25) is 15.2 Å². The quantitative estimate of drug-likeness (QED) is 0.783. The molecule has 130 valence electrons. The summed E-state index contributed by atoms with van der Waals surface area (Å²) < 4.78 is 5.25. The molecule has 0 saturated carbocycles. The van der Waals surface area contributed by atoms with E-state index in [-0.39, 0.29) is 33.1 Å². The van der Waals surface area contributed by atoms with Crippen LogP contribution >= 0.6 is 34.8 Å². The van der Waals surface area contributed by atoms with Gasteiger partial charge in [-0.15, -0.1) is 0 Å². The fourth-order valence-corrected chi connectivity index (χ4v) is 2.43. The molecular weight excluding hydrogens is 375 g/mol. The summed E-state index contributed by atoms with van der Waals surface area (Å²) in [6.45, 7) is 6.06. The second-order valence-corrected chi connectivity index (χ2v) is 7.53. The van der Waals surface area contributed by atoms with Gasteiger partial charge in [-0.05, 0) is 24.0 Å². The minimum atomic E-state index is -0.413. The van der Waals surface area contributed by atoms with Gasteiger partial charge in [-0.25, -0.2) is 5.43 Å². The molecular formula is C15H17Cl3N4O2. The van der Waals surface area contributed by atoms with E-state index in [4.69, 9.17) is 39.5 Å². The second-order valence-electron chi connectivity index (χ2n) is 6.36. The highest BCUT2D eigenvalue weighted by atomic mass is 35.5. The summed E-state index contributed by atoms with van der Waals surface area (Å²) in [7, 11) is 0. The first-order chi connectivity index (χ1) is 11.1. The molecule has 0 bridgehead atoms. The number of amides is 1.